The van der Waals surface area contributed by atoms with E-state index in [2.05, 4.69) is 20.5 Å². The fourth-order valence-corrected chi connectivity index (χ4v) is 1.82. The van der Waals surface area contributed by atoms with Crippen molar-refractivity contribution in [2.75, 3.05) is 0 Å². The molecule has 1 unspecified atom stereocenters. The lowest BCUT2D eigenvalue weighted by Gasteiger charge is -2.13. The van der Waals surface area contributed by atoms with Gasteiger partial charge in [-0.05, 0) is 25.0 Å². The third kappa shape index (κ3) is 2.56. The highest BCUT2D eigenvalue weighted by Gasteiger charge is 2.15. The number of carbonyl (C=O) groups is 1. The van der Waals surface area contributed by atoms with E-state index in [0.29, 0.717) is 11.4 Å². The van der Waals surface area contributed by atoms with Gasteiger partial charge in [0.05, 0.1) is 6.04 Å². The molecule has 18 heavy (non-hydrogen) atoms. The number of aromatic amines is 1. The maximum Gasteiger partial charge on any atom is 0.252 e. The van der Waals surface area contributed by atoms with Gasteiger partial charge in [0.2, 0.25) is 0 Å². The number of amides is 1. The first kappa shape index (κ1) is 12.3. The maximum atomic E-state index is 12.2. The Morgan fingerprint density at radius 3 is 2.89 bits per heavy atom. The number of aromatic nitrogens is 3. The van der Waals surface area contributed by atoms with E-state index in [1.807, 2.05) is 38.1 Å². The van der Waals surface area contributed by atoms with E-state index in [4.69, 9.17) is 0 Å². The molecule has 5 heteroatoms. The highest BCUT2D eigenvalue weighted by Crippen LogP contribution is 2.12. The summed E-state index contributed by atoms with van der Waals surface area (Å²) in [6.45, 7) is 3.90. The molecule has 1 heterocycles. The van der Waals surface area contributed by atoms with Gasteiger partial charge in [-0.25, -0.2) is 4.98 Å². The van der Waals surface area contributed by atoms with Crippen LogP contribution >= 0.6 is 0 Å². The van der Waals surface area contributed by atoms with Crippen LogP contribution in [0.5, 0.6) is 0 Å². The SMILES string of the molecule is CCc1ccccc1C(=O)NC(C)c1ncn[nH]1. The van der Waals surface area contributed by atoms with Gasteiger partial charge in [0.15, 0.2) is 0 Å². The lowest BCUT2D eigenvalue weighted by Crippen LogP contribution is -2.28. The Morgan fingerprint density at radius 1 is 1.44 bits per heavy atom. The zero-order valence-electron chi connectivity index (χ0n) is 10.5. The average Bonchev–Trinajstić information content (AvgIpc) is 2.92. The molecule has 0 aliphatic heterocycles. The van der Waals surface area contributed by atoms with Crippen molar-refractivity contribution >= 4 is 5.91 Å². The molecule has 0 bridgehead atoms. The quantitative estimate of drug-likeness (QED) is 0.862. The summed E-state index contributed by atoms with van der Waals surface area (Å²) in [7, 11) is 0. The summed E-state index contributed by atoms with van der Waals surface area (Å²) in [5.41, 5.74) is 1.76. The summed E-state index contributed by atoms with van der Waals surface area (Å²) in [4.78, 5) is 16.2. The van der Waals surface area contributed by atoms with Crippen LogP contribution in [-0.4, -0.2) is 21.1 Å². The Kier molecular flexibility index (Phi) is 3.72. The zero-order valence-corrected chi connectivity index (χ0v) is 10.5. The van der Waals surface area contributed by atoms with E-state index < -0.39 is 0 Å². The van der Waals surface area contributed by atoms with Crippen LogP contribution in [0.4, 0.5) is 0 Å². The van der Waals surface area contributed by atoms with Crippen LogP contribution < -0.4 is 5.32 Å². The highest BCUT2D eigenvalue weighted by molar-refractivity contribution is 5.95. The summed E-state index contributed by atoms with van der Waals surface area (Å²) < 4.78 is 0. The van der Waals surface area contributed by atoms with Crippen LogP contribution in [0, 0.1) is 0 Å². The predicted octanol–water partition coefficient (Wildman–Crippen LogP) is 1.86. The molecule has 2 N–H and O–H groups in total. The predicted molar refractivity (Wildman–Crippen MR) is 68.1 cm³/mol. The van der Waals surface area contributed by atoms with Crippen molar-refractivity contribution in [3.63, 3.8) is 0 Å². The van der Waals surface area contributed by atoms with Crippen molar-refractivity contribution in [2.24, 2.45) is 0 Å². The second kappa shape index (κ2) is 5.44. The zero-order chi connectivity index (χ0) is 13.0. The van der Waals surface area contributed by atoms with Gasteiger partial charge in [0.1, 0.15) is 12.2 Å². The van der Waals surface area contributed by atoms with Gasteiger partial charge in [0, 0.05) is 5.56 Å². The second-order valence-electron chi connectivity index (χ2n) is 4.08. The van der Waals surface area contributed by atoms with E-state index in [9.17, 15) is 4.79 Å². The molecule has 2 rings (SSSR count). The minimum Gasteiger partial charge on any atom is -0.342 e. The summed E-state index contributed by atoms with van der Waals surface area (Å²) in [5, 5.41) is 9.42. The highest BCUT2D eigenvalue weighted by atomic mass is 16.1. The first-order valence-electron chi connectivity index (χ1n) is 5.96. The standard InChI is InChI=1S/C13H16N4O/c1-3-10-6-4-5-7-11(10)13(18)16-9(2)12-14-8-15-17-12/h4-9H,3H2,1-2H3,(H,16,18)(H,14,15,17). The van der Waals surface area contributed by atoms with Crippen LogP contribution in [0.15, 0.2) is 30.6 Å². The molecule has 0 saturated heterocycles. The van der Waals surface area contributed by atoms with Crippen molar-refractivity contribution in [1.82, 2.24) is 20.5 Å². The molecule has 1 atom stereocenters. The van der Waals surface area contributed by atoms with Crippen LogP contribution in [0.25, 0.3) is 0 Å². The van der Waals surface area contributed by atoms with Crippen molar-refractivity contribution in [1.29, 1.82) is 0 Å². The molecule has 0 aliphatic carbocycles. The molecule has 2 aromatic rings. The van der Waals surface area contributed by atoms with Crippen LogP contribution in [0.2, 0.25) is 0 Å². The van der Waals surface area contributed by atoms with Gasteiger partial charge in [0.25, 0.3) is 5.91 Å². The number of benzene rings is 1. The van der Waals surface area contributed by atoms with Gasteiger partial charge in [-0.2, -0.15) is 5.10 Å². The van der Waals surface area contributed by atoms with Gasteiger partial charge in [-0.15, -0.1) is 0 Å². The molecule has 0 radical (unpaired) electrons. The van der Waals surface area contributed by atoms with Crippen LogP contribution in [-0.2, 0) is 6.42 Å². The molecule has 1 amide bonds. The van der Waals surface area contributed by atoms with Gasteiger partial charge >= 0.3 is 0 Å². The largest absolute Gasteiger partial charge is 0.342 e. The van der Waals surface area contributed by atoms with Gasteiger partial charge < -0.3 is 5.32 Å². The molecule has 94 valence electrons. The molecular formula is C13H16N4O. The summed E-state index contributed by atoms with van der Waals surface area (Å²) >= 11 is 0. The molecule has 0 spiro atoms. The molecular weight excluding hydrogens is 228 g/mol. The van der Waals surface area contributed by atoms with E-state index in [0.717, 1.165) is 12.0 Å². The van der Waals surface area contributed by atoms with Gasteiger partial charge in [-0.1, -0.05) is 25.1 Å². The number of hydrogen-bond acceptors (Lipinski definition) is 3. The Balaban J connectivity index is 2.12. The molecule has 0 fully saturated rings. The lowest BCUT2D eigenvalue weighted by molar-refractivity contribution is 0.0937. The summed E-state index contributed by atoms with van der Waals surface area (Å²) in [6, 6.07) is 7.42. The summed E-state index contributed by atoms with van der Waals surface area (Å²) in [6.07, 6.45) is 2.26. The number of nitrogens with one attached hydrogen (secondary N) is 2. The topological polar surface area (TPSA) is 70.7 Å². The smallest absolute Gasteiger partial charge is 0.252 e. The van der Waals surface area contributed by atoms with Crippen LogP contribution in [0.1, 0.15) is 41.6 Å². The Labute approximate surface area is 106 Å². The fourth-order valence-electron chi connectivity index (χ4n) is 1.82. The Bertz CT molecular complexity index is 522. The second-order valence-corrected chi connectivity index (χ2v) is 4.08. The average molecular weight is 244 g/mol. The molecule has 0 aliphatic rings. The van der Waals surface area contributed by atoms with Gasteiger partial charge in [-0.3, -0.25) is 9.89 Å². The Hall–Kier alpha value is -2.17. The third-order valence-electron chi connectivity index (χ3n) is 2.83. The Morgan fingerprint density at radius 2 is 2.22 bits per heavy atom. The number of rotatable bonds is 4. The third-order valence-corrected chi connectivity index (χ3v) is 2.83. The molecule has 5 nitrogen and oxygen atoms in total. The minimum absolute atomic E-state index is 0.0867. The van der Waals surface area contributed by atoms with E-state index >= 15 is 0 Å². The number of H-pyrrole nitrogens is 1. The van der Waals surface area contributed by atoms with Crippen molar-refractivity contribution < 1.29 is 4.79 Å². The summed E-state index contributed by atoms with van der Waals surface area (Å²) in [5.74, 6) is 0.564. The molecule has 0 saturated carbocycles. The first-order valence-corrected chi connectivity index (χ1v) is 5.96. The van der Waals surface area contributed by atoms with E-state index in [-0.39, 0.29) is 11.9 Å². The number of carbonyl (C=O) groups excluding carboxylic acids is 1. The number of aryl methyl sites for hydroxylation is 1. The minimum atomic E-state index is -0.190. The lowest BCUT2D eigenvalue weighted by atomic mass is 10.0. The molecule has 1 aromatic carbocycles. The first-order chi connectivity index (χ1) is 8.72. The van der Waals surface area contributed by atoms with Crippen molar-refractivity contribution in [3.8, 4) is 0 Å². The number of nitrogens with zero attached hydrogens (tertiary/aromatic N) is 2. The van der Waals surface area contributed by atoms with Crippen molar-refractivity contribution in [2.45, 2.75) is 26.3 Å². The maximum absolute atomic E-state index is 12.2. The fraction of sp³-hybridized carbons (Fsp3) is 0.308. The molecule has 1 aromatic heterocycles. The van der Waals surface area contributed by atoms with Crippen molar-refractivity contribution in [3.05, 3.63) is 47.5 Å². The normalized spacial score (nSPS) is 12.1. The van der Waals surface area contributed by atoms with E-state index in [1.165, 1.54) is 6.33 Å². The monoisotopic (exact) mass is 244 g/mol. The van der Waals surface area contributed by atoms with Crippen LogP contribution in [0.3, 0.4) is 0 Å². The van der Waals surface area contributed by atoms with E-state index in [1.54, 1.807) is 0 Å². The number of hydrogen-bond donors (Lipinski definition) is 2.